The second-order valence-corrected chi connectivity index (χ2v) is 10.8. The number of halogens is 3. The number of aromatic nitrogens is 2. The Morgan fingerprint density at radius 3 is 2.38 bits per heavy atom. The zero-order valence-corrected chi connectivity index (χ0v) is 24.3. The molecule has 5 rings (SSSR count). The Balaban J connectivity index is 0.963. The molecule has 2 saturated carbocycles. The number of anilines is 2. The van der Waals surface area contributed by atoms with Gasteiger partial charge in [-0.3, -0.25) is 4.79 Å². The van der Waals surface area contributed by atoms with E-state index in [0.29, 0.717) is 80.4 Å². The predicted octanol–water partition coefficient (Wildman–Crippen LogP) is 3.55. The second kappa shape index (κ2) is 15.0. The van der Waals surface area contributed by atoms with Crippen LogP contribution in [0.15, 0.2) is 60.9 Å². The molecule has 1 amide bonds. The SMILES string of the molecule is O=C(NCCOCCOCCOCC1CC2C1[C@@H](O)[C@H]2O)c1cccc(-c2cc(Nc3ccc(OC(F)(F)F)cc3)ncn2)c1. The molecule has 14 heteroatoms. The summed E-state index contributed by atoms with van der Waals surface area (Å²) in [6, 6.07) is 13.8. The average Bonchev–Trinajstić information content (AvgIpc) is 3.01. The van der Waals surface area contributed by atoms with Gasteiger partial charge in [0.2, 0.25) is 0 Å². The number of carbonyl (C=O) groups excluding carboxylic acids is 1. The van der Waals surface area contributed by atoms with E-state index in [0.717, 1.165) is 6.42 Å². The molecule has 1 aromatic heterocycles. The van der Waals surface area contributed by atoms with Crippen molar-refractivity contribution in [1.82, 2.24) is 15.3 Å². The lowest BCUT2D eigenvalue weighted by Crippen LogP contribution is -2.66. The highest BCUT2D eigenvalue weighted by Crippen LogP contribution is 2.54. The number of benzene rings is 2. The van der Waals surface area contributed by atoms with Gasteiger partial charge in [-0.15, -0.1) is 13.2 Å². The monoisotopic (exact) mass is 632 g/mol. The minimum Gasteiger partial charge on any atom is -0.406 e. The highest BCUT2D eigenvalue weighted by molar-refractivity contribution is 5.95. The molecule has 242 valence electrons. The molecular weight excluding hydrogens is 597 g/mol. The van der Waals surface area contributed by atoms with Crippen LogP contribution in [0.25, 0.3) is 11.3 Å². The zero-order chi connectivity index (χ0) is 31.8. The number of hydrogen-bond donors (Lipinski definition) is 4. The van der Waals surface area contributed by atoms with Crippen molar-refractivity contribution in [2.24, 2.45) is 17.8 Å². The molecule has 3 unspecified atom stereocenters. The fourth-order valence-corrected chi connectivity index (χ4v) is 5.54. The third-order valence-corrected chi connectivity index (χ3v) is 7.85. The molecule has 0 saturated heterocycles. The first-order valence-corrected chi connectivity index (χ1v) is 14.6. The van der Waals surface area contributed by atoms with Crippen molar-refractivity contribution in [2.75, 3.05) is 51.5 Å². The number of ether oxygens (including phenoxy) is 4. The maximum absolute atomic E-state index is 12.7. The third kappa shape index (κ3) is 8.89. The van der Waals surface area contributed by atoms with Gasteiger partial charge in [-0.2, -0.15) is 0 Å². The van der Waals surface area contributed by atoms with Gasteiger partial charge in [0.05, 0.1) is 50.9 Å². The summed E-state index contributed by atoms with van der Waals surface area (Å²) in [4.78, 5) is 21.1. The van der Waals surface area contributed by atoms with E-state index in [1.54, 1.807) is 30.3 Å². The number of aliphatic hydroxyl groups is 2. The van der Waals surface area contributed by atoms with Crippen LogP contribution in [0.5, 0.6) is 5.75 Å². The van der Waals surface area contributed by atoms with E-state index < -0.39 is 18.6 Å². The summed E-state index contributed by atoms with van der Waals surface area (Å²) in [6.07, 6.45) is -3.70. The molecule has 0 aliphatic heterocycles. The fraction of sp³-hybridized carbons (Fsp3) is 0.452. The molecule has 45 heavy (non-hydrogen) atoms. The summed E-state index contributed by atoms with van der Waals surface area (Å²) in [5.41, 5.74) is 2.16. The lowest BCUT2D eigenvalue weighted by molar-refractivity contribution is -0.274. The van der Waals surface area contributed by atoms with Crippen molar-refractivity contribution in [3.05, 3.63) is 66.5 Å². The predicted molar refractivity (Wildman–Crippen MR) is 156 cm³/mol. The average molecular weight is 633 g/mol. The van der Waals surface area contributed by atoms with Crippen LogP contribution in [0, 0.1) is 17.8 Å². The van der Waals surface area contributed by atoms with Crippen molar-refractivity contribution >= 4 is 17.4 Å². The normalized spacial score (nSPS) is 22.1. The molecule has 3 aromatic rings. The van der Waals surface area contributed by atoms with E-state index in [-0.39, 0.29) is 23.5 Å². The number of hydrogen-bond acceptors (Lipinski definition) is 10. The van der Waals surface area contributed by atoms with E-state index in [2.05, 4.69) is 25.3 Å². The van der Waals surface area contributed by atoms with Gasteiger partial charge in [0, 0.05) is 36.0 Å². The lowest BCUT2D eigenvalue weighted by Gasteiger charge is -2.59. The van der Waals surface area contributed by atoms with Gasteiger partial charge < -0.3 is 39.8 Å². The van der Waals surface area contributed by atoms with Crippen molar-refractivity contribution in [1.29, 1.82) is 0 Å². The Hall–Kier alpha value is -3.82. The number of nitrogens with one attached hydrogen (secondary N) is 2. The quantitative estimate of drug-likeness (QED) is 0.173. The van der Waals surface area contributed by atoms with Crippen molar-refractivity contribution in [3.8, 4) is 17.0 Å². The van der Waals surface area contributed by atoms with Crippen LogP contribution < -0.4 is 15.4 Å². The number of aliphatic hydroxyl groups excluding tert-OH is 2. The maximum Gasteiger partial charge on any atom is 0.573 e. The standard InChI is InChI=1S/C31H35F3N4O7/c32-31(33,34)45-23-6-4-22(5-7-23)38-26-16-25(36-18-37-26)19-2-1-3-20(14-19)30(41)35-8-9-42-10-11-43-12-13-44-17-21-15-24-27(21)29(40)28(24)39/h1-7,14,16,18,21,24,27-29,39-40H,8-13,15,17H2,(H,35,41)(H,36,37,38)/t21?,24?,27?,28-,29+/m0/s1. The molecule has 2 aliphatic rings. The fourth-order valence-electron chi connectivity index (χ4n) is 5.54. The van der Waals surface area contributed by atoms with Crippen LogP contribution in [-0.4, -0.2) is 90.8 Å². The van der Waals surface area contributed by atoms with E-state index in [1.165, 1.54) is 30.6 Å². The lowest BCUT2D eigenvalue weighted by atomic mass is 9.50. The number of amides is 1. The summed E-state index contributed by atoms with van der Waals surface area (Å²) in [5.74, 6) is 0.517. The van der Waals surface area contributed by atoms with Gasteiger partial charge in [0.15, 0.2) is 0 Å². The Labute approximate surface area is 257 Å². The van der Waals surface area contributed by atoms with Crippen molar-refractivity contribution in [3.63, 3.8) is 0 Å². The smallest absolute Gasteiger partial charge is 0.406 e. The highest BCUT2D eigenvalue weighted by Gasteiger charge is 2.59. The third-order valence-electron chi connectivity index (χ3n) is 7.85. The van der Waals surface area contributed by atoms with E-state index in [1.807, 2.05) is 0 Å². The molecule has 4 N–H and O–H groups in total. The number of nitrogens with zero attached hydrogens (tertiary/aromatic N) is 2. The number of alkyl halides is 3. The molecule has 0 radical (unpaired) electrons. The summed E-state index contributed by atoms with van der Waals surface area (Å²) >= 11 is 0. The first kappa shape index (κ1) is 32.6. The van der Waals surface area contributed by atoms with Gasteiger partial charge in [-0.05, 0) is 60.6 Å². The summed E-state index contributed by atoms with van der Waals surface area (Å²) in [7, 11) is 0. The molecule has 2 aliphatic carbocycles. The summed E-state index contributed by atoms with van der Waals surface area (Å²) in [6.45, 7) is 2.84. The maximum atomic E-state index is 12.7. The number of fused-ring (bicyclic) bond motifs is 1. The Morgan fingerprint density at radius 1 is 0.911 bits per heavy atom. The summed E-state index contributed by atoms with van der Waals surface area (Å²) in [5, 5.41) is 25.2. The molecule has 0 bridgehead atoms. The van der Waals surface area contributed by atoms with Gasteiger partial charge >= 0.3 is 6.36 Å². The molecule has 2 fully saturated rings. The zero-order valence-electron chi connectivity index (χ0n) is 24.3. The first-order valence-electron chi connectivity index (χ1n) is 14.6. The van der Waals surface area contributed by atoms with Gasteiger partial charge in [-0.1, -0.05) is 12.1 Å². The van der Waals surface area contributed by atoms with Crippen LogP contribution in [-0.2, 0) is 14.2 Å². The summed E-state index contributed by atoms with van der Waals surface area (Å²) < 4.78 is 57.7. The van der Waals surface area contributed by atoms with Crippen LogP contribution in [0.4, 0.5) is 24.7 Å². The largest absolute Gasteiger partial charge is 0.573 e. The second-order valence-electron chi connectivity index (χ2n) is 10.8. The number of carbonyl (C=O) groups is 1. The van der Waals surface area contributed by atoms with Crippen LogP contribution >= 0.6 is 0 Å². The van der Waals surface area contributed by atoms with Crippen molar-refractivity contribution < 1.29 is 47.1 Å². The van der Waals surface area contributed by atoms with E-state index in [9.17, 15) is 28.2 Å². The van der Waals surface area contributed by atoms with Crippen LogP contribution in [0.1, 0.15) is 16.8 Å². The molecule has 5 atom stereocenters. The minimum absolute atomic E-state index is 0.169. The van der Waals surface area contributed by atoms with Gasteiger partial charge in [0.1, 0.15) is 17.9 Å². The van der Waals surface area contributed by atoms with E-state index in [4.69, 9.17) is 14.2 Å². The molecule has 11 nitrogen and oxygen atoms in total. The number of rotatable bonds is 16. The minimum atomic E-state index is -4.77. The highest BCUT2D eigenvalue weighted by atomic mass is 19.4. The molecule has 2 aromatic carbocycles. The Bertz CT molecular complexity index is 1410. The van der Waals surface area contributed by atoms with Gasteiger partial charge in [-0.25, -0.2) is 9.97 Å². The van der Waals surface area contributed by atoms with E-state index >= 15 is 0 Å². The van der Waals surface area contributed by atoms with Gasteiger partial charge in [0.25, 0.3) is 5.91 Å². The molecular formula is C31H35F3N4O7. The Kier molecular flexibility index (Phi) is 10.8. The Morgan fingerprint density at radius 2 is 1.64 bits per heavy atom. The molecule has 1 heterocycles. The van der Waals surface area contributed by atoms with Crippen LogP contribution in [0.3, 0.4) is 0 Å². The first-order chi connectivity index (χ1) is 21.7. The topological polar surface area (TPSA) is 144 Å². The molecule has 0 spiro atoms. The van der Waals surface area contributed by atoms with Crippen LogP contribution in [0.2, 0.25) is 0 Å². The van der Waals surface area contributed by atoms with Crippen molar-refractivity contribution in [2.45, 2.75) is 25.0 Å².